The number of alkyl halides is 3. The maximum atomic E-state index is 13.8. The van der Waals surface area contributed by atoms with Gasteiger partial charge in [-0.05, 0) is 104 Å². The number of carbonyl (C=O) groups is 1. The highest BCUT2D eigenvalue weighted by Crippen LogP contribution is 2.69. The second-order valence-electron chi connectivity index (χ2n) is 13.3. The quantitative estimate of drug-likeness (QED) is 0.493. The number of Topliss-reactive ketones (excluding diaryl/α,β-unsaturated/α-hetero) is 1. The van der Waals surface area contributed by atoms with Crippen molar-refractivity contribution in [3.63, 3.8) is 0 Å². The number of halogens is 3. The smallest absolute Gasteiger partial charge is 0.417 e. The molecule has 10 heteroatoms. The Morgan fingerprint density at radius 3 is 2.62 bits per heavy atom. The number of carbonyl (C=O) groups excluding carboxylic acids is 1. The molecule has 2 aromatic rings. The molecule has 4 aliphatic rings. The molecule has 0 amide bonds. The Balaban J connectivity index is 1.23. The molecular weight excluding hydrogens is 523 g/mol. The van der Waals surface area contributed by atoms with E-state index in [0.717, 1.165) is 43.1 Å². The number of hydrogen-bond acceptors (Lipinski definition) is 6. The minimum atomic E-state index is -4.62. The predicted molar refractivity (Wildman–Crippen MR) is 142 cm³/mol. The third-order valence-electron chi connectivity index (χ3n) is 11.8. The normalized spacial score (nSPS) is 39.4. The molecule has 4 aliphatic carbocycles. The fourth-order valence-electron chi connectivity index (χ4n) is 9.83. The van der Waals surface area contributed by atoms with E-state index in [0.29, 0.717) is 37.0 Å². The van der Waals surface area contributed by atoms with Gasteiger partial charge in [0, 0.05) is 19.1 Å². The summed E-state index contributed by atoms with van der Waals surface area (Å²) in [5.74, 6) is 1.53. The summed E-state index contributed by atoms with van der Waals surface area (Å²) in [5, 5.41) is 19.1. The lowest BCUT2D eigenvalue weighted by Gasteiger charge is -2.62. The molecule has 0 spiro atoms. The summed E-state index contributed by atoms with van der Waals surface area (Å²) in [4.78, 5) is 13.8. The molecular formula is C30H40F3N3O4. The van der Waals surface area contributed by atoms with Gasteiger partial charge in [-0.15, -0.1) is 5.10 Å². The zero-order chi connectivity index (χ0) is 28.5. The van der Waals surface area contributed by atoms with Crippen molar-refractivity contribution in [2.75, 3.05) is 20.8 Å². The van der Waals surface area contributed by atoms with Crippen molar-refractivity contribution in [2.24, 2.45) is 40.4 Å². The first kappa shape index (κ1) is 27.9. The fourth-order valence-corrected chi connectivity index (χ4v) is 9.83. The van der Waals surface area contributed by atoms with E-state index >= 15 is 0 Å². The van der Waals surface area contributed by atoms with Crippen molar-refractivity contribution < 1.29 is 32.5 Å². The van der Waals surface area contributed by atoms with Crippen molar-refractivity contribution >= 4 is 16.8 Å². The predicted octanol–water partition coefficient (Wildman–Crippen LogP) is 5.59. The van der Waals surface area contributed by atoms with E-state index in [9.17, 15) is 23.1 Å². The van der Waals surface area contributed by atoms with Crippen molar-refractivity contribution in [1.82, 2.24) is 15.0 Å². The number of nitrogens with zero attached hydrogens (tertiary/aromatic N) is 3. The molecule has 40 heavy (non-hydrogen) atoms. The minimum Gasteiger partial charge on any atom is -0.497 e. The van der Waals surface area contributed by atoms with Crippen LogP contribution in [0.5, 0.6) is 5.75 Å². The second kappa shape index (κ2) is 9.68. The van der Waals surface area contributed by atoms with Gasteiger partial charge in [-0.3, -0.25) is 4.79 Å². The zero-order valence-corrected chi connectivity index (χ0v) is 23.5. The maximum Gasteiger partial charge on any atom is 0.417 e. The average Bonchev–Trinajstić information content (AvgIpc) is 3.48. The van der Waals surface area contributed by atoms with Gasteiger partial charge in [-0.1, -0.05) is 12.1 Å². The van der Waals surface area contributed by atoms with Gasteiger partial charge in [0.1, 0.15) is 17.8 Å². The lowest BCUT2D eigenvalue weighted by molar-refractivity contribution is -0.294. The number of aliphatic hydroxyl groups is 1. The van der Waals surface area contributed by atoms with Crippen LogP contribution in [0, 0.1) is 40.4 Å². The Hall–Kier alpha value is -2.20. The monoisotopic (exact) mass is 563 g/mol. The second-order valence-corrected chi connectivity index (χ2v) is 13.3. The first-order valence-corrected chi connectivity index (χ1v) is 14.6. The lowest BCUT2D eigenvalue weighted by Crippen LogP contribution is -2.61. The summed E-state index contributed by atoms with van der Waals surface area (Å²) in [5.41, 5.74) is -1.61. The Kier molecular flexibility index (Phi) is 6.76. The molecule has 1 N–H and O–H groups in total. The van der Waals surface area contributed by atoms with Crippen LogP contribution < -0.4 is 4.74 Å². The number of aromatic nitrogens is 3. The molecule has 220 valence electrons. The summed E-state index contributed by atoms with van der Waals surface area (Å²) in [7, 11) is 3.24. The standard InChI is InChI=1S/C30H40F3N3O4/c1-27-11-10-22-20(6-4-18-15-29(38,30(31,32)33)13-12-28(18,22)17-39-2)21(27)7-8-23(27)26(37)16-36-25-14-19(40-3)5-9-24(25)34-35-36/h5,9,14,18,20-23,38H,4,6-8,10-13,15-17H2,1-3H3/t18-,20+,21+,22+,23-,27+,28-,29-/m1/s1. The van der Waals surface area contributed by atoms with E-state index in [-0.39, 0.29) is 53.8 Å². The van der Waals surface area contributed by atoms with Crippen molar-refractivity contribution in [3.8, 4) is 5.75 Å². The van der Waals surface area contributed by atoms with Crippen LogP contribution in [0.1, 0.15) is 64.7 Å². The molecule has 0 unspecified atom stereocenters. The van der Waals surface area contributed by atoms with Gasteiger partial charge in [0.15, 0.2) is 11.4 Å². The highest BCUT2D eigenvalue weighted by atomic mass is 19.4. The average molecular weight is 564 g/mol. The molecule has 0 aliphatic heterocycles. The highest BCUT2D eigenvalue weighted by molar-refractivity contribution is 5.84. The Morgan fingerprint density at radius 1 is 1.10 bits per heavy atom. The van der Waals surface area contributed by atoms with Crippen molar-refractivity contribution in [1.29, 1.82) is 0 Å². The molecule has 0 radical (unpaired) electrons. The van der Waals surface area contributed by atoms with Gasteiger partial charge in [-0.25, -0.2) is 4.68 Å². The molecule has 1 heterocycles. The van der Waals surface area contributed by atoms with Crippen LogP contribution >= 0.6 is 0 Å². The number of ketones is 1. The molecule has 8 atom stereocenters. The van der Waals surface area contributed by atoms with E-state index in [4.69, 9.17) is 9.47 Å². The van der Waals surface area contributed by atoms with E-state index in [1.807, 2.05) is 18.2 Å². The summed E-state index contributed by atoms with van der Waals surface area (Å²) < 4.78 is 54.1. The van der Waals surface area contributed by atoms with Gasteiger partial charge in [0.25, 0.3) is 0 Å². The molecule has 1 aromatic heterocycles. The number of benzene rings is 1. The topological polar surface area (TPSA) is 86.5 Å². The van der Waals surface area contributed by atoms with Crippen LogP contribution in [0.4, 0.5) is 13.2 Å². The largest absolute Gasteiger partial charge is 0.497 e. The summed E-state index contributed by atoms with van der Waals surface area (Å²) >= 11 is 0. The molecule has 0 bridgehead atoms. The Labute approximate surface area is 232 Å². The summed E-state index contributed by atoms with van der Waals surface area (Å²) in [6.45, 7) is 2.86. The first-order chi connectivity index (χ1) is 19.0. The van der Waals surface area contributed by atoms with Crippen LogP contribution in [0.15, 0.2) is 18.2 Å². The SMILES string of the molecule is COC[C@]12CC[C@](O)(C(F)(F)F)C[C@H]1CC[C@H]1[C@@H]3CC[C@H](C(=O)Cn4nnc5ccc(OC)cc54)[C@@]3(C)CC[C@@H]12. The fraction of sp³-hybridized carbons (Fsp3) is 0.767. The van der Waals surface area contributed by atoms with Crippen LogP contribution in [-0.4, -0.2) is 58.5 Å². The van der Waals surface area contributed by atoms with E-state index in [1.165, 1.54) is 0 Å². The zero-order valence-electron chi connectivity index (χ0n) is 23.5. The Morgan fingerprint density at radius 2 is 1.90 bits per heavy atom. The van der Waals surface area contributed by atoms with Gasteiger partial charge in [0.05, 0.1) is 19.2 Å². The third-order valence-corrected chi connectivity index (χ3v) is 11.8. The van der Waals surface area contributed by atoms with Crippen molar-refractivity contribution in [2.45, 2.75) is 83.0 Å². The van der Waals surface area contributed by atoms with Crippen LogP contribution in [0.2, 0.25) is 0 Å². The first-order valence-electron chi connectivity index (χ1n) is 14.6. The molecule has 0 saturated heterocycles. The van der Waals surface area contributed by atoms with Crippen LogP contribution in [0.3, 0.4) is 0 Å². The summed E-state index contributed by atoms with van der Waals surface area (Å²) in [6, 6.07) is 5.51. The van der Waals surface area contributed by atoms with Crippen LogP contribution in [-0.2, 0) is 16.1 Å². The number of methoxy groups -OCH3 is 2. The Bertz CT molecular complexity index is 1280. The molecule has 7 nitrogen and oxygen atoms in total. The number of rotatable bonds is 6. The van der Waals surface area contributed by atoms with Gasteiger partial charge < -0.3 is 14.6 Å². The molecule has 4 fully saturated rings. The van der Waals surface area contributed by atoms with Gasteiger partial charge >= 0.3 is 6.18 Å². The molecule has 6 rings (SSSR count). The van der Waals surface area contributed by atoms with E-state index < -0.39 is 11.8 Å². The number of hydrogen-bond donors (Lipinski definition) is 1. The van der Waals surface area contributed by atoms with Crippen molar-refractivity contribution in [3.05, 3.63) is 18.2 Å². The van der Waals surface area contributed by atoms with Gasteiger partial charge in [0.2, 0.25) is 0 Å². The number of ether oxygens (including phenoxy) is 2. The summed E-state index contributed by atoms with van der Waals surface area (Å²) in [6.07, 6.45) is 0.281. The van der Waals surface area contributed by atoms with Gasteiger partial charge in [-0.2, -0.15) is 13.2 Å². The number of fused-ring (bicyclic) bond motifs is 6. The molecule has 1 aromatic carbocycles. The van der Waals surface area contributed by atoms with E-state index in [1.54, 1.807) is 18.9 Å². The highest BCUT2D eigenvalue weighted by Gasteiger charge is 2.66. The van der Waals surface area contributed by atoms with Crippen LogP contribution in [0.25, 0.3) is 11.0 Å². The minimum absolute atomic E-state index is 0.0823. The maximum absolute atomic E-state index is 13.8. The molecule has 4 saturated carbocycles. The lowest BCUT2D eigenvalue weighted by atomic mass is 9.43. The van der Waals surface area contributed by atoms with E-state index in [2.05, 4.69) is 17.2 Å². The third kappa shape index (κ3) is 4.10.